The van der Waals surface area contributed by atoms with Crippen molar-refractivity contribution in [2.24, 2.45) is 0 Å². The lowest BCUT2D eigenvalue weighted by molar-refractivity contribution is 0.539. The summed E-state index contributed by atoms with van der Waals surface area (Å²) in [6.45, 7) is 0. The minimum Gasteiger partial charge on any atom is -0.355 e. The van der Waals surface area contributed by atoms with Crippen molar-refractivity contribution in [3.63, 3.8) is 0 Å². The first-order valence-electron chi connectivity index (χ1n) is 7.80. The molecular formula is C16H17FN4O2S. The molecule has 1 atom stereocenters. The maximum atomic E-state index is 13.5. The van der Waals surface area contributed by atoms with Crippen molar-refractivity contribution in [1.82, 2.24) is 15.0 Å². The van der Waals surface area contributed by atoms with Gasteiger partial charge in [0.1, 0.15) is 23.6 Å². The van der Waals surface area contributed by atoms with Crippen LogP contribution in [-0.2, 0) is 9.84 Å². The third-order valence-electron chi connectivity index (χ3n) is 4.65. The molecule has 1 aliphatic heterocycles. The highest BCUT2D eigenvalue weighted by molar-refractivity contribution is 7.91. The number of nitrogens with zero attached hydrogens (tertiary/aromatic N) is 3. The van der Waals surface area contributed by atoms with Crippen LogP contribution in [0.5, 0.6) is 0 Å². The Bertz CT molecular complexity index is 1030. The van der Waals surface area contributed by atoms with E-state index in [1.807, 2.05) is 11.9 Å². The molecule has 126 valence electrons. The summed E-state index contributed by atoms with van der Waals surface area (Å²) < 4.78 is 37.4. The van der Waals surface area contributed by atoms with Gasteiger partial charge in [0.05, 0.1) is 22.4 Å². The van der Waals surface area contributed by atoms with Gasteiger partial charge in [-0.25, -0.2) is 22.8 Å². The smallest absolute Gasteiger partial charge is 0.152 e. The second-order valence-electron chi connectivity index (χ2n) is 6.26. The van der Waals surface area contributed by atoms with E-state index >= 15 is 0 Å². The molecular weight excluding hydrogens is 331 g/mol. The van der Waals surface area contributed by atoms with Crippen LogP contribution < -0.4 is 4.90 Å². The lowest BCUT2D eigenvalue weighted by atomic mass is 10.1. The van der Waals surface area contributed by atoms with Crippen LogP contribution >= 0.6 is 0 Å². The lowest BCUT2D eigenvalue weighted by Crippen LogP contribution is -2.42. The molecule has 2 aromatic heterocycles. The molecule has 0 amide bonds. The largest absolute Gasteiger partial charge is 0.355 e. The van der Waals surface area contributed by atoms with Crippen LogP contribution in [0.4, 0.5) is 10.2 Å². The van der Waals surface area contributed by atoms with E-state index in [-0.39, 0.29) is 23.4 Å². The monoisotopic (exact) mass is 348 g/mol. The third-order valence-corrected chi connectivity index (χ3v) is 6.46. The Hall–Kier alpha value is -2.22. The van der Waals surface area contributed by atoms with Crippen LogP contribution in [0.3, 0.4) is 0 Å². The number of sulfone groups is 1. The molecule has 6 nitrogen and oxygen atoms in total. The van der Waals surface area contributed by atoms with Gasteiger partial charge in [-0.2, -0.15) is 0 Å². The number of aromatic amines is 1. The highest BCUT2D eigenvalue weighted by Crippen LogP contribution is 2.32. The predicted octanol–water partition coefficient (Wildman–Crippen LogP) is 2.26. The van der Waals surface area contributed by atoms with E-state index in [4.69, 9.17) is 0 Å². The number of aromatic nitrogens is 3. The maximum absolute atomic E-state index is 13.5. The summed E-state index contributed by atoms with van der Waals surface area (Å²) in [4.78, 5) is 13.6. The Morgan fingerprint density at radius 1 is 1.33 bits per heavy atom. The standard InChI is InChI=1S/C16H17FN4O2S/c1-21(11-3-2-6-24(22,23)8-11)16-14-12-5-4-10(17)7-13(12)20-15(14)18-9-19-16/h4-5,7,9,11H,2-3,6,8H2,1H3,(H,18,19,20)/t11-/m1/s1. The molecule has 8 heteroatoms. The number of anilines is 1. The molecule has 0 aliphatic carbocycles. The number of rotatable bonds is 2. The molecule has 0 spiro atoms. The zero-order valence-electron chi connectivity index (χ0n) is 13.2. The Balaban J connectivity index is 1.85. The lowest BCUT2D eigenvalue weighted by Gasteiger charge is -2.32. The minimum absolute atomic E-state index is 0.118. The fourth-order valence-corrected chi connectivity index (χ4v) is 5.18. The number of H-pyrrole nitrogens is 1. The van der Waals surface area contributed by atoms with E-state index in [2.05, 4.69) is 15.0 Å². The van der Waals surface area contributed by atoms with Gasteiger partial charge in [0.25, 0.3) is 0 Å². The van der Waals surface area contributed by atoms with E-state index < -0.39 is 9.84 Å². The molecule has 0 radical (unpaired) electrons. The average Bonchev–Trinajstić information content (AvgIpc) is 2.90. The Morgan fingerprint density at radius 2 is 2.17 bits per heavy atom. The van der Waals surface area contributed by atoms with E-state index in [0.717, 1.165) is 17.2 Å². The predicted molar refractivity (Wildman–Crippen MR) is 91.4 cm³/mol. The van der Waals surface area contributed by atoms with E-state index in [0.29, 0.717) is 23.4 Å². The molecule has 0 bridgehead atoms. The summed E-state index contributed by atoms with van der Waals surface area (Å²) in [6.07, 6.45) is 2.90. The zero-order valence-corrected chi connectivity index (χ0v) is 14.0. The van der Waals surface area contributed by atoms with Crippen LogP contribution in [-0.4, -0.2) is 48.0 Å². The van der Waals surface area contributed by atoms with Crippen LogP contribution in [0.15, 0.2) is 24.5 Å². The SMILES string of the molecule is CN(c1ncnc2[nH]c3cc(F)ccc3c12)[C@@H]1CCCS(=O)(=O)C1. The van der Waals surface area contributed by atoms with Gasteiger partial charge in [0, 0.05) is 18.5 Å². The van der Waals surface area contributed by atoms with Gasteiger partial charge in [-0.3, -0.25) is 0 Å². The van der Waals surface area contributed by atoms with Crippen molar-refractivity contribution in [2.45, 2.75) is 18.9 Å². The number of benzene rings is 1. The summed E-state index contributed by atoms with van der Waals surface area (Å²) in [5, 5.41) is 1.62. The Kier molecular flexibility index (Phi) is 3.45. The molecule has 0 saturated carbocycles. The molecule has 3 heterocycles. The van der Waals surface area contributed by atoms with E-state index in [1.165, 1.54) is 18.5 Å². The van der Waals surface area contributed by atoms with Gasteiger partial charge < -0.3 is 9.88 Å². The molecule has 1 fully saturated rings. The van der Waals surface area contributed by atoms with Crippen LogP contribution in [0, 0.1) is 5.82 Å². The summed E-state index contributed by atoms with van der Waals surface area (Å²) in [7, 11) is -1.16. The number of nitrogens with one attached hydrogen (secondary N) is 1. The van der Waals surface area contributed by atoms with Crippen molar-refractivity contribution in [3.05, 3.63) is 30.3 Å². The van der Waals surface area contributed by atoms with Gasteiger partial charge in [-0.1, -0.05) is 0 Å². The fourth-order valence-electron chi connectivity index (χ4n) is 3.43. The first-order valence-corrected chi connectivity index (χ1v) is 9.62. The van der Waals surface area contributed by atoms with E-state index in [1.54, 1.807) is 6.07 Å². The molecule has 24 heavy (non-hydrogen) atoms. The van der Waals surface area contributed by atoms with Crippen molar-refractivity contribution >= 4 is 37.6 Å². The number of hydrogen-bond acceptors (Lipinski definition) is 5. The van der Waals surface area contributed by atoms with Crippen molar-refractivity contribution in [3.8, 4) is 0 Å². The minimum atomic E-state index is -3.02. The van der Waals surface area contributed by atoms with Crippen molar-refractivity contribution < 1.29 is 12.8 Å². The van der Waals surface area contributed by atoms with Gasteiger partial charge in [-0.05, 0) is 31.0 Å². The van der Waals surface area contributed by atoms with Crippen LogP contribution in [0.25, 0.3) is 21.9 Å². The Labute approximate surface area is 138 Å². The molecule has 1 saturated heterocycles. The van der Waals surface area contributed by atoms with Gasteiger partial charge >= 0.3 is 0 Å². The molecule has 1 N–H and O–H groups in total. The zero-order chi connectivity index (χ0) is 16.9. The van der Waals surface area contributed by atoms with Gasteiger partial charge in [0.15, 0.2) is 9.84 Å². The first kappa shape index (κ1) is 15.3. The molecule has 4 rings (SSSR count). The molecule has 1 aromatic carbocycles. The number of hydrogen-bond donors (Lipinski definition) is 1. The third kappa shape index (κ3) is 2.50. The fraction of sp³-hybridized carbons (Fsp3) is 0.375. The highest BCUT2D eigenvalue weighted by atomic mass is 32.2. The summed E-state index contributed by atoms with van der Waals surface area (Å²) in [5.41, 5.74) is 1.27. The first-order chi connectivity index (χ1) is 11.4. The van der Waals surface area contributed by atoms with E-state index in [9.17, 15) is 12.8 Å². The molecule has 0 unspecified atom stereocenters. The molecule has 3 aromatic rings. The second kappa shape index (κ2) is 5.41. The number of fused-ring (bicyclic) bond motifs is 3. The quantitative estimate of drug-likeness (QED) is 0.768. The van der Waals surface area contributed by atoms with Gasteiger partial charge in [0.2, 0.25) is 0 Å². The normalized spacial score (nSPS) is 20.5. The van der Waals surface area contributed by atoms with Crippen LogP contribution in [0.1, 0.15) is 12.8 Å². The topological polar surface area (TPSA) is 79.0 Å². The average molecular weight is 348 g/mol. The van der Waals surface area contributed by atoms with Crippen LogP contribution in [0.2, 0.25) is 0 Å². The van der Waals surface area contributed by atoms with Crippen molar-refractivity contribution in [1.29, 1.82) is 0 Å². The number of halogens is 1. The van der Waals surface area contributed by atoms with Gasteiger partial charge in [-0.15, -0.1) is 0 Å². The maximum Gasteiger partial charge on any atom is 0.152 e. The summed E-state index contributed by atoms with van der Waals surface area (Å²) in [6, 6.07) is 4.40. The second-order valence-corrected chi connectivity index (χ2v) is 8.49. The summed E-state index contributed by atoms with van der Waals surface area (Å²) in [5.74, 6) is 0.727. The highest BCUT2D eigenvalue weighted by Gasteiger charge is 2.29. The molecule has 1 aliphatic rings. The Morgan fingerprint density at radius 3 is 2.96 bits per heavy atom. The summed E-state index contributed by atoms with van der Waals surface area (Å²) >= 11 is 0. The van der Waals surface area contributed by atoms with Crippen molar-refractivity contribution in [2.75, 3.05) is 23.5 Å².